The standard InChI is InChI=1S/C28H38N8O3S/c1-34(2)22-13-16-36(18-22)20-11-14-35(15-12-20)21-9-10-23(25(17-21)39-3)31-27-29-19-30-28(33-27)32-24-7-5-6-8-26(24)40(4,37)38/h5-10,17,19-20,22H,11-16,18H2,1-4H3,(H2,29,30,31,32,33)/t22-/m0/s1. The zero-order valence-corrected chi connectivity index (χ0v) is 24.4. The summed E-state index contributed by atoms with van der Waals surface area (Å²) in [7, 11) is 2.59. The number of nitrogens with zero attached hydrogens (tertiary/aromatic N) is 6. The Bertz CT molecular complexity index is 1430. The van der Waals surface area contributed by atoms with Gasteiger partial charge in [0.15, 0.2) is 9.84 Å². The fourth-order valence-electron chi connectivity index (χ4n) is 5.54. The predicted molar refractivity (Wildman–Crippen MR) is 158 cm³/mol. The lowest BCUT2D eigenvalue weighted by Crippen LogP contribution is -2.45. The molecule has 40 heavy (non-hydrogen) atoms. The first-order valence-corrected chi connectivity index (χ1v) is 15.5. The molecule has 3 heterocycles. The summed E-state index contributed by atoms with van der Waals surface area (Å²) in [6.45, 7) is 4.40. The Labute approximate surface area is 236 Å². The van der Waals surface area contributed by atoms with Gasteiger partial charge in [-0.15, -0.1) is 0 Å². The first kappa shape index (κ1) is 28.1. The predicted octanol–water partition coefficient (Wildman–Crippen LogP) is 3.38. The minimum Gasteiger partial charge on any atom is -0.494 e. The molecule has 11 nitrogen and oxygen atoms in total. The first-order chi connectivity index (χ1) is 19.2. The highest BCUT2D eigenvalue weighted by molar-refractivity contribution is 7.90. The first-order valence-electron chi connectivity index (χ1n) is 13.6. The Kier molecular flexibility index (Phi) is 8.38. The van der Waals surface area contributed by atoms with Crippen molar-refractivity contribution in [2.45, 2.75) is 36.2 Å². The highest BCUT2D eigenvalue weighted by Crippen LogP contribution is 2.33. The maximum atomic E-state index is 12.1. The molecule has 2 aromatic carbocycles. The second kappa shape index (κ2) is 11.9. The number of anilines is 5. The highest BCUT2D eigenvalue weighted by atomic mass is 32.2. The number of hydrogen-bond acceptors (Lipinski definition) is 11. The average Bonchev–Trinajstić information content (AvgIpc) is 3.44. The maximum absolute atomic E-state index is 12.1. The van der Waals surface area contributed by atoms with E-state index in [1.54, 1.807) is 31.4 Å². The van der Waals surface area contributed by atoms with Gasteiger partial charge in [0, 0.05) is 56.3 Å². The number of methoxy groups -OCH3 is 1. The van der Waals surface area contributed by atoms with Crippen LogP contribution in [0.25, 0.3) is 0 Å². The Morgan fingerprint density at radius 1 is 0.950 bits per heavy atom. The number of para-hydroxylation sites is 1. The molecule has 2 N–H and O–H groups in total. The number of likely N-dealkylation sites (tertiary alicyclic amines) is 1. The molecule has 12 heteroatoms. The molecule has 0 amide bonds. The molecule has 5 rings (SSSR count). The molecule has 0 bridgehead atoms. The van der Waals surface area contributed by atoms with Crippen molar-refractivity contribution in [2.24, 2.45) is 0 Å². The number of hydrogen-bond donors (Lipinski definition) is 2. The molecule has 1 aromatic heterocycles. The number of piperidine rings is 1. The van der Waals surface area contributed by atoms with Gasteiger partial charge < -0.3 is 25.2 Å². The average molecular weight is 567 g/mol. The zero-order valence-electron chi connectivity index (χ0n) is 23.5. The van der Waals surface area contributed by atoms with E-state index in [1.807, 2.05) is 12.1 Å². The largest absolute Gasteiger partial charge is 0.494 e. The Balaban J connectivity index is 1.24. The Morgan fingerprint density at radius 3 is 2.30 bits per heavy atom. The lowest BCUT2D eigenvalue weighted by Gasteiger charge is -2.38. The van der Waals surface area contributed by atoms with Gasteiger partial charge in [-0.1, -0.05) is 12.1 Å². The fraction of sp³-hybridized carbons (Fsp3) is 0.464. The summed E-state index contributed by atoms with van der Waals surface area (Å²) >= 11 is 0. The number of benzene rings is 2. The number of likely N-dealkylation sites (N-methyl/N-ethyl adjacent to an activating group) is 1. The van der Waals surface area contributed by atoms with Crippen molar-refractivity contribution < 1.29 is 13.2 Å². The number of sulfone groups is 1. The lowest BCUT2D eigenvalue weighted by molar-refractivity contribution is 0.189. The molecule has 1 atom stereocenters. The van der Waals surface area contributed by atoms with Gasteiger partial charge in [-0.25, -0.2) is 18.4 Å². The van der Waals surface area contributed by atoms with E-state index in [0.29, 0.717) is 29.5 Å². The zero-order chi connectivity index (χ0) is 28.3. The monoisotopic (exact) mass is 566 g/mol. The van der Waals surface area contributed by atoms with Crippen LogP contribution in [0, 0.1) is 0 Å². The van der Waals surface area contributed by atoms with Crippen LogP contribution in [-0.4, -0.2) is 98.9 Å². The summed E-state index contributed by atoms with van der Waals surface area (Å²) in [5.41, 5.74) is 2.25. The van der Waals surface area contributed by atoms with Crippen molar-refractivity contribution in [1.82, 2.24) is 24.8 Å². The van der Waals surface area contributed by atoms with E-state index in [-0.39, 0.29) is 10.8 Å². The summed E-state index contributed by atoms with van der Waals surface area (Å²) < 4.78 is 30.0. The number of ether oxygens (including phenoxy) is 1. The SMILES string of the molecule is COc1cc(N2CCC(N3CC[C@H](N(C)C)C3)CC2)ccc1Nc1ncnc(Nc2ccccc2S(C)(=O)=O)n1. The van der Waals surface area contributed by atoms with Crippen LogP contribution >= 0.6 is 0 Å². The van der Waals surface area contributed by atoms with Crippen LogP contribution in [0.2, 0.25) is 0 Å². The summed E-state index contributed by atoms with van der Waals surface area (Å²) in [6.07, 6.45) is 6.11. The van der Waals surface area contributed by atoms with E-state index in [9.17, 15) is 8.42 Å². The molecule has 2 aliphatic heterocycles. The van der Waals surface area contributed by atoms with Crippen LogP contribution < -0.4 is 20.3 Å². The molecule has 0 saturated carbocycles. The summed E-state index contributed by atoms with van der Waals surface area (Å²) in [4.78, 5) is 20.4. The van der Waals surface area contributed by atoms with Crippen molar-refractivity contribution in [3.63, 3.8) is 0 Å². The summed E-state index contributed by atoms with van der Waals surface area (Å²) in [5.74, 6) is 1.22. The molecular weight excluding hydrogens is 528 g/mol. The van der Waals surface area contributed by atoms with Crippen LogP contribution in [0.15, 0.2) is 53.7 Å². The van der Waals surface area contributed by atoms with Crippen LogP contribution in [0.4, 0.5) is 29.0 Å². The van der Waals surface area contributed by atoms with Gasteiger partial charge >= 0.3 is 0 Å². The van der Waals surface area contributed by atoms with Gasteiger partial charge in [-0.2, -0.15) is 4.98 Å². The Morgan fingerprint density at radius 2 is 1.65 bits per heavy atom. The van der Waals surface area contributed by atoms with Crippen molar-refractivity contribution in [1.29, 1.82) is 0 Å². The number of nitrogens with one attached hydrogen (secondary N) is 2. The molecule has 2 fully saturated rings. The molecule has 2 aliphatic rings. The molecule has 214 valence electrons. The van der Waals surface area contributed by atoms with E-state index in [0.717, 1.165) is 37.3 Å². The third kappa shape index (κ3) is 6.45. The fourth-order valence-corrected chi connectivity index (χ4v) is 6.39. The van der Waals surface area contributed by atoms with Crippen LogP contribution in [0.5, 0.6) is 5.75 Å². The van der Waals surface area contributed by atoms with Crippen LogP contribution in [0.3, 0.4) is 0 Å². The second-order valence-corrected chi connectivity index (χ2v) is 12.6. The molecule has 0 unspecified atom stereocenters. The number of rotatable bonds is 9. The molecule has 3 aromatic rings. The van der Waals surface area contributed by atoms with E-state index in [4.69, 9.17) is 4.74 Å². The van der Waals surface area contributed by atoms with Crippen molar-refractivity contribution >= 4 is 38.8 Å². The van der Waals surface area contributed by atoms with Gasteiger partial charge in [-0.3, -0.25) is 4.90 Å². The van der Waals surface area contributed by atoms with Crippen LogP contribution in [0.1, 0.15) is 19.3 Å². The molecule has 0 aliphatic carbocycles. The third-order valence-corrected chi connectivity index (χ3v) is 8.96. The normalized spacial score (nSPS) is 18.7. The van der Waals surface area contributed by atoms with Crippen molar-refractivity contribution in [2.75, 3.05) is 69.2 Å². The third-order valence-electron chi connectivity index (χ3n) is 7.81. The minimum absolute atomic E-state index is 0.171. The van der Waals surface area contributed by atoms with Gasteiger partial charge in [0.2, 0.25) is 11.9 Å². The summed E-state index contributed by atoms with van der Waals surface area (Å²) in [6, 6.07) is 14.1. The van der Waals surface area contributed by atoms with E-state index in [2.05, 4.69) is 60.4 Å². The van der Waals surface area contributed by atoms with Crippen molar-refractivity contribution in [3.05, 3.63) is 48.8 Å². The topological polar surface area (TPSA) is 116 Å². The van der Waals surface area contributed by atoms with Crippen LogP contribution in [-0.2, 0) is 9.84 Å². The van der Waals surface area contributed by atoms with Gasteiger partial charge in [0.25, 0.3) is 0 Å². The Hall–Kier alpha value is -3.48. The van der Waals surface area contributed by atoms with E-state index < -0.39 is 9.84 Å². The number of aromatic nitrogens is 3. The molecule has 0 radical (unpaired) electrons. The van der Waals surface area contributed by atoms with E-state index >= 15 is 0 Å². The molecule has 2 saturated heterocycles. The second-order valence-electron chi connectivity index (χ2n) is 10.7. The quantitative estimate of drug-likeness (QED) is 0.397. The minimum atomic E-state index is -3.42. The maximum Gasteiger partial charge on any atom is 0.232 e. The lowest BCUT2D eigenvalue weighted by atomic mass is 10.0. The van der Waals surface area contributed by atoms with Crippen molar-refractivity contribution in [3.8, 4) is 5.75 Å². The van der Waals surface area contributed by atoms with E-state index in [1.165, 1.54) is 32.1 Å². The van der Waals surface area contributed by atoms with Gasteiger partial charge in [0.1, 0.15) is 12.1 Å². The highest BCUT2D eigenvalue weighted by Gasteiger charge is 2.31. The molecular formula is C28H38N8O3S. The summed E-state index contributed by atoms with van der Waals surface area (Å²) in [5, 5.41) is 6.20. The smallest absolute Gasteiger partial charge is 0.232 e. The van der Waals surface area contributed by atoms with Gasteiger partial charge in [0.05, 0.1) is 23.4 Å². The van der Waals surface area contributed by atoms with Gasteiger partial charge in [-0.05, 0) is 57.6 Å². The molecule has 0 spiro atoms.